The molecule has 128 valence electrons. The largest absolute Gasteiger partial charge is 0.464 e. The third kappa shape index (κ3) is 9.84. The van der Waals surface area contributed by atoms with Gasteiger partial charge in [0.15, 0.2) is 0 Å². The first kappa shape index (κ1) is 20.0. The summed E-state index contributed by atoms with van der Waals surface area (Å²) in [6.45, 7) is 6.33. The molecule has 8 nitrogen and oxygen atoms in total. The maximum Gasteiger partial charge on any atom is 0.407 e. The molecule has 0 aliphatic rings. The Bertz CT molecular complexity index is 348. The second-order valence-electron chi connectivity index (χ2n) is 4.31. The highest BCUT2D eigenvalue weighted by molar-refractivity contribution is 5.81. The van der Waals surface area contributed by atoms with Crippen LogP contribution in [0.4, 0.5) is 9.59 Å². The van der Waals surface area contributed by atoms with Crippen molar-refractivity contribution in [3.8, 4) is 0 Å². The molecule has 0 spiro atoms. The van der Waals surface area contributed by atoms with Crippen molar-refractivity contribution in [2.75, 3.05) is 26.4 Å². The predicted molar refractivity (Wildman–Crippen MR) is 79.5 cm³/mol. The molecular weight excluding hydrogens is 292 g/mol. The molecule has 0 aliphatic carbocycles. The molecule has 0 radical (unpaired) electrons. The van der Waals surface area contributed by atoms with Crippen LogP contribution in [0.1, 0.15) is 40.0 Å². The second kappa shape index (κ2) is 12.7. The summed E-state index contributed by atoms with van der Waals surface area (Å²) in [5.74, 6) is -0.492. The van der Waals surface area contributed by atoms with E-state index < -0.39 is 24.2 Å². The van der Waals surface area contributed by atoms with E-state index in [4.69, 9.17) is 14.2 Å². The molecule has 8 heteroatoms. The molecule has 0 aliphatic heterocycles. The standard InChI is InChI=1S/C14H26N2O6/c1-4-20-12(17)11(16-14(19)22-6-3)9-7-8-10-15-13(18)21-5-2/h11H,4-10H2,1-3H3,(H,15,18)(H,16,19). The number of nitrogens with one attached hydrogen (secondary N) is 2. The molecule has 2 N–H and O–H groups in total. The van der Waals surface area contributed by atoms with Gasteiger partial charge in [0.25, 0.3) is 0 Å². The van der Waals surface area contributed by atoms with Gasteiger partial charge in [0.1, 0.15) is 6.04 Å². The van der Waals surface area contributed by atoms with E-state index in [9.17, 15) is 14.4 Å². The van der Waals surface area contributed by atoms with Gasteiger partial charge in [-0.15, -0.1) is 0 Å². The topological polar surface area (TPSA) is 103 Å². The van der Waals surface area contributed by atoms with Crippen LogP contribution in [0.5, 0.6) is 0 Å². The van der Waals surface area contributed by atoms with E-state index >= 15 is 0 Å². The Hall–Kier alpha value is -1.99. The van der Waals surface area contributed by atoms with E-state index in [2.05, 4.69) is 10.6 Å². The molecule has 0 heterocycles. The first-order valence-corrected chi connectivity index (χ1v) is 7.55. The van der Waals surface area contributed by atoms with E-state index in [0.717, 1.165) is 0 Å². The van der Waals surface area contributed by atoms with Gasteiger partial charge >= 0.3 is 18.2 Å². The summed E-state index contributed by atoms with van der Waals surface area (Å²) in [5.41, 5.74) is 0. The van der Waals surface area contributed by atoms with Gasteiger partial charge in [-0.05, 0) is 40.0 Å². The predicted octanol–water partition coefficient (Wildman–Crippen LogP) is 1.58. The summed E-state index contributed by atoms with van der Waals surface area (Å²) in [6, 6.07) is -0.749. The lowest BCUT2D eigenvalue weighted by Crippen LogP contribution is -2.42. The molecule has 0 saturated heterocycles. The summed E-state index contributed by atoms with van der Waals surface area (Å²) >= 11 is 0. The van der Waals surface area contributed by atoms with Gasteiger partial charge in [-0.3, -0.25) is 0 Å². The number of esters is 1. The van der Waals surface area contributed by atoms with Crippen molar-refractivity contribution in [1.29, 1.82) is 0 Å². The Kier molecular flexibility index (Phi) is 11.6. The number of carbonyl (C=O) groups excluding carboxylic acids is 3. The molecule has 0 fully saturated rings. The number of carbonyl (C=O) groups is 3. The van der Waals surface area contributed by atoms with E-state index in [0.29, 0.717) is 32.4 Å². The Balaban J connectivity index is 4.09. The van der Waals surface area contributed by atoms with Gasteiger partial charge in [-0.1, -0.05) is 0 Å². The minimum absolute atomic E-state index is 0.227. The van der Waals surface area contributed by atoms with E-state index in [-0.39, 0.29) is 13.2 Å². The monoisotopic (exact) mass is 318 g/mol. The van der Waals surface area contributed by atoms with Crippen LogP contribution >= 0.6 is 0 Å². The van der Waals surface area contributed by atoms with Crippen LogP contribution in [-0.4, -0.2) is 50.6 Å². The van der Waals surface area contributed by atoms with Crippen LogP contribution in [0.2, 0.25) is 0 Å². The van der Waals surface area contributed by atoms with Crippen molar-refractivity contribution >= 4 is 18.2 Å². The second-order valence-corrected chi connectivity index (χ2v) is 4.31. The molecule has 0 aromatic rings. The fourth-order valence-corrected chi connectivity index (χ4v) is 1.65. The number of amides is 2. The van der Waals surface area contributed by atoms with Gasteiger partial charge in [0, 0.05) is 6.54 Å². The Morgan fingerprint density at radius 1 is 0.864 bits per heavy atom. The van der Waals surface area contributed by atoms with Crippen LogP contribution in [0.25, 0.3) is 0 Å². The lowest BCUT2D eigenvalue weighted by Gasteiger charge is -2.16. The molecule has 0 saturated carbocycles. The lowest BCUT2D eigenvalue weighted by atomic mass is 10.1. The maximum absolute atomic E-state index is 11.8. The molecule has 0 rings (SSSR count). The normalized spacial score (nSPS) is 11.2. The zero-order chi connectivity index (χ0) is 16.8. The zero-order valence-corrected chi connectivity index (χ0v) is 13.5. The lowest BCUT2D eigenvalue weighted by molar-refractivity contribution is -0.145. The molecule has 22 heavy (non-hydrogen) atoms. The van der Waals surface area contributed by atoms with E-state index in [1.807, 2.05) is 0 Å². The molecule has 0 aromatic heterocycles. The van der Waals surface area contributed by atoms with Crippen LogP contribution in [0.15, 0.2) is 0 Å². The van der Waals surface area contributed by atoms with Crippen LogP contribution in [0, 0.1) is 0 Å². The third-order valence-electron chi connectivity index (χ3n) is 2.60. The van der Waals surface area contributed by atoms with E-state index in [1.165, 1.54) is 0 Å². The third-order valence-corrected chi connectivity index (χ3v) is 2.60. The molecule has 1 unspecified atom stereocenters. The van der Waals surface area contributed by atoms with Gasteiger partial charge < -0.3 is 24.8 Å². The molecule has 0 bridgehead atoms. The maximum atomic E-state index is 11.8. The molecule has 0 aromatic carbocycles. The van der Waals surface area contributed by atoms with Crippen LogP contribution in [-0.2, 0) is 19.0 Å². The molecule has 1 atom stereocenters. The summed E-state index contributed by atoms with van der Waals surface area (Å²) in [5, 5.41) is 5.06. The van der Waals surface area contributed by atoms with Crippen molar-refractivity contribution in [2.24, 2.45) is 0 Å². The van der Waals surface area contributed by atoms with Gasteiger partial charge in [0.2, 0.25) is 0 Å². The number of hydrogen-bond acceptors (Lipinski definition) is 6. The van der Waals surface area contributed by atoms with Gasteiger partial charge in [-0.25, -0.2) is 14.4 Å². The minimum atomic E-state index is -0.749. The van der Waals surface area contributed by atoms with Crippen LogP contribution in [0.3, 0.4) is 0 Å². The summed E-state index contributed by atoms with van der Waals surface area (Å²) in [6.07, 6.45) is 0.572. The summed E-state index contributed by atoms with van der Waals surface area (Å²) < 4.78 is 14.4. The SMILES string of the molecule is CCOC(=O)NCCCCC(NC(=O)OCC)C(=O)OCC. The first-order valence-electron chi connectivity index (χ1n) is 7.55. The number of rotatable bonds is 10. The van der Waals surface area contributed by atoms with Gasteiger partial charge in [0.05, 0.1) is 19.8 Å². The molecular formula is C14H26N2O6. The Morgan fingerprint density at radius 3 is 2.05 bits per heavy atom. The first-order chi connectivity index (χ1) is 10.5. The quantitative estimate of drug-likeness (QED) is 0.360. The minimum Gasteiger partial charge on any atom is -0.464 e. The van der Waals surface area contributed by atoms with Crippen molar-refractivity contribution in [3.05, 3.63) is 0 Å². The highest BCUT2D eigenvalue weighted by atomic mass is 16.6. The van der Waals surface area contributed by atoms with Crippen LogP contribution < -0.4 is 10.6 Å². The van der Waals surface area contributed by atoms with E-state index in [1.54, 1.807) is 20.8 Å². The number of unbranched alkanes of at least 4 members (excludes halogenated alkanes) is 1. The average Bonchev–Trinajstić information content (AvgIpc) is 2.46. The summed E-state index contributed by atoms with van der Waals surface area (Å²) in [4.78, 5) is 34.2. The molecule has 2 amide bonds. The summed E-state index contributed by atoms with van der Waals surface area (Å²) in [7, 11) is 0. The zero-order valence-electron chi connectivity index (χ0n) is 13.5. The van der Waals surface area contributed by atoms with Crippen molar-refractivity contribution in [1.82, 2.24) is 10.6 Å². The smallest absolute Gasteiger partial charge is 0.407 e. The fraction of sp³-hybridized carbons (Fsp3) is 0.786. The van der Waals surface area contributed by atoms with Crippen molar-refractivity contribution in [3.63, 3.8) is 0 Å². The number of hydrogen-bond donors (Lipinski definition) is 2. The fourth-order valence-electron chi connectivity index (χ4n) is 1.65. The highest BCUT2D eigenvalue weighted by Crippen LogP contribution is 2.04. The Morgan fingerprint density at radius 2 is 1.45 bits per heavy atom. The van der Waals surface area contributed by atoms with Crippen molar-refractivity contribution < 1.29 is 28.6 Å². The number of alkyl carbamates (subject to hydrolysis) is 2. The Labute approximate surface area is 130 Å². The number of ether oxygens (including phenoxy) is 3. The van der Waals surface area contributed by atoms with Gasteiger partial charge in [-0.2, -0.15) is 0 Å². The average molecular weight is 318 g/mol. The highest BCUT2D eigenvalue weighted by Gasteiger charge is 2.22. The van der Waals surface area contributed by atoms with Crippen molar-refractivity contribution in [2.45, 2.75) is 46.1 Å².